The molecule has 0 saturated heterocycles. The quantitative estimate of drug-likeness (QED) is 0.374. The van der Waals surface area contributed by atoms with E-state index in [1.807, 2.05) is 12.2 Å². The molecular formula is C13H24. The van der Waals surface area contributed by atoms with Gasteiger partial charge < -0.3 is 0 Å². The van der Waals surface area contributed by atoms with Crippen molar-refractivity contribution in [2.45, 2.75) is 52.4 Å². The Hall–Kier alpha value is -0.520. The molecule has 0 fully saturated rings. The molecule has 1 atom stereocenters. The van der Waals surface area contributed by atoms with Crippen molar-refractivity contribution in [1.29, 1.82) is 0 Å². The molecule has 0 N–H and O–H groups in total. The zero-order valence-corrected chi connectivity index (χ0v) is 9.26. The third-order valence-electron chi connectivity index (χ3n) is 2.39. The molecule has 0 spiro atoms. The topological polar surface area (TPSA) is 0 Å². The molecule has 0 radical (unpaired) electrons. The van der Waals surface area contributed by atoms with Crippen molar-refractivity contribution in [1.82, 2.24) is 0 Å². The average molecular weight is 180 g/mol. The lowest BCUT2D eigenvalue weighted by atomic mass is 9.98. The van der Waals surface area contributed by atoms with E-state index in [-0.39, 0.29) is 0 Å². The fourth-order valence-electron chi connectivity index (χ4n) is 1.47. The number of rotatable bonds is 8. The van der Waals surface area contributed by atoms with E-state index < -0.39 is 0 Å². The third-order valence-corrected chi connectivity index (χ3v) is 2.39. The summed E-state index contributed by atoms with van der Waals surface area (Å²) in [6, 6.07) is 0. The summed E-state index contributed by atoms with van der Waals surface area (Å²) in [6.45, 7) is 8.28. The van der Waals surface area contributed by atoms with E-state index >= 15 is 0 Å². The monoisotopic (exact) mass is 180 g/mol. The summed E-state index contributed by atoms with van der Waals surface area (Å²) in [7, 11) is 0. The molecule has 0 aromatic heterocycles. The van der Waals surface area contributed by atoms with E-state index in [0.717, 1.165) is 5.92 Å². The lowest BCUT2D eigenvalue weighted by Gasteiger charge is -2.08. The van der Waals surface area contributed by atoms with Crippen LogP contribution >= 0.6 is 0 Å². The van der Waals surface area contributed by atoms with Crippen molar-refractivity contribution >= 4 is 0 Å². The van der Waals surface area contributed by atoms with Gasteiger partial charge in [-0.05, 0) is 18.8 Å². The van der Waals surface area contributed by atoms with Gasteiger partial charge in [0.25, 0.3) is 0 Å². The zero-order chi connectivity index (χ0) is 9.94. The zero-order valence-electron chi connectivity index (χ0n) is 9.26. The minimum atomic E-state index is 0.914. The second-order valence-corrected chi connectivity index (χ2v) is 3.84. The minimum Gasteiger partial charge on any atom is -0.0991 e. The molecule has 0 rings (SSSR count). The van der Waals surface area contributed by atoms with Crippen molar-refractivity contribution in [2.75, 3.05) is 0 Å². The Morgan fingerprint density at radius 2 is 1.92 bits per heavy atom. The van der Waals surface area contributed by atoms with Crippen LogP contribution in [0.4, 0.5) is 0 Å². The normalized spacial score (nSPS) is 13.4. The number of unbranched alkanes of at least 4 members (excludes halogenated alkanes) is 2. The second-order valence-electron chi connectivity index (χ2n) is 3.84. The van der Waals surface area contributed by atoms with Crippen molar-refractivity contribution in [3.8, 4) is 0 Å². The highest BCUT2D eigenvalue weighted by molar-refractivity contribution is 4.96. The van der Waals surface area contributed by atoms with Crippen LogP contribution in [0, 0.1) is 5.92 Å². The van der Waals surface area contributed by atoms with Gasteiger partial charge in [-0.1, -0.05) is 64.3 Å². The van der Waals surface area contributed by atoms with Gasteiger partial charge in [0.05, 0.1) is 0 Å². The van der Waals surface area contributed by atoms with Crippen LogP contribution in [0.15, 0.2) is 24.8 Å². The Morgan fingerprint density at radius 3 is 2.54 bits per heavy atom. The minimum absolute atomic E-state index is 0.914. The summed E-state index contributed by atoms with van der Waals surface area (Å²) in [5.74, 6) is 0.914. The number of hydrogen-bond acceptors (Lipinski definition) is 0. The molecule has 0 nitrogen and oxygen atoms in total. The molecule has 76 valence electrons. The molecule has 0 amide bonds. The largest absolute Gasteiger partial charge is 0.0991 e. The first-order valence-electron chi connectivity index (χ1n) is 5.58. The molecule has 1 unspecified atom stereocenters. The maximum absolute atomic E-state index is 3.65. The molecule has 0 aromatic rings. The van der Waals surface area contributed by atoms with Crippen LogP contribution < -0.4 is 0 Å². The molecule has 0 saturated carbocycles. The maximum atomic E-state index is 3.65. The summed E-state index contributed by atoms with van der Waals surface area (Å²) >= 11 is 0. The van der Waals surface area contributed by atoms with Gasteiger partial charge >= 0.3 is 0 Å². The van der Waals surface area contributed by atoms with E-state index in [1.54, 1.807) is 0 Å². The summed E-state index contributed by atoms with van der Waals surface area (Å²) in [4.78, 5) is 0. The highest BCUT2D eigenvalue weighted by atomic mass is 14.0. The SMILES string of the molecule is C=CC=CCCCC(C)CCCC. The molecule has 0 aliphatic rings. The third kappa shape index (κ3) is 9.39. The predicted molar refractivity (Wildman–Crippen MR) is 61.9 cm³/mol. The molecule has 0 heterocycles. The van der Waals surface area contributed by atoms with Gasteiger partial charge in [0.2, 0.25) is 0 Å². The molecule has 0 heteroatoms. The van der Waals surface area contributed by atoms with Crippen LogP contribution in [-0.2, 0) is 0 Å². The summed E-state index contributed by atoms with van der Waals surface area (Å²) in [5.41, 5.74) is 0. The molecule has 0 aromatic carbocycles. The predicted octanol–water partition coefficient (Wildman–Crippen LogP) is 4.73. The van der Waals surface area contributed by atoms with Gasteiger partial charge in [0.15, 0.2) is 0 Å². The fraction of sp³-hybridized carbons (Fsp3) is 0.692. The van der Waals surface area contributed by atoms with Crippen LogP contribution in [0.25, 0.3) is 0 Å². The van der Waals surface area contributed by atoms with E-state index in [2.05, 4.69) is 26.5 Å². The van der Waals surface area contributed by atoms with E-state index in [4.69, 9.17) is 0 Å². The number of allylic oxidation sites excluding steroid dienone is 3. The average Bonchev–Trinajstić information content (AvgIpc) is 2.14. The molecule has 13 heavy (non-hydrogen) atoms. The fourth-order valence-corrected chi connectivity index (χ4v) is 1.47. The standard InChI is InChI=1S/C13H24/c1-4-6-8-9-10-12-13(3)11-7-5-2/h4,6,8,13H,1,5,7,9-12H2,2-3H3. The smallest absolute Gasteiger partial charge is 0.0348 e. The second kappa shape index (κ2) is 9.57. The number of hydrogen-bond donors (Lipinski definition) is 0. The maximum Gasteiger partial charge on any atom is -0.0348 e. The highest BCUT2D eigenvalue weighted by Gasteiger charge is 1.99. The molecule has 0 aliphatic heterocycles. The summed E-state index contributed by atoms with van der Waals surface area (Å²) in [5, 5.41) is 0. The first-order valence-corrected chi connectivity index (χ1v) is 5.58. The Bertz CT molecular complexity index is 133. The van der Waals surface area contributed by atoms with Crippen molar-refractivity contribution in [3.05, 3.63) is 24.8 Å². The van der Waals surface area contributed by atoms with Gasteiger partial charge in [-0.3, -0.25) is 0 Å². The van der Waals surface area contributed by atoms with Crippen LogP contribution in [0.1, 0.15) is 52.4 Å². The first kappa shape index (κ1) is 12.5. The van der Waals surface area contributed by atoms with Crippen molar-refractivity contribution < 1.29 is 0 Å². The van der Waals surface area contributed by atoms with Crippen LogP contribution in [0.3, 0.4) is 0 Å². The van der Waals surface area contributed by atoms with Crippen LogP contribution in [-0.4, -0.2) is 0 Å². The van der Waals surface area contributed by atoms with Crippen molar-refractivity contribution in [2.24, 2.45) is 5.92 Å². The van der Waals surface area contributed by atoms with E-state index in [9.17, 15) is 0 Å². The molecule has 0 bridgehead atoms. The van der Waals surface area contributed by atoms with Crippen LogP contribution in [0.2, 0.25) is 0 Å². The van der Waals surface area contributed by atoms with E-state index in [1.165, 1.54) is 38.5 Å². The van der Waals surface area contributed by atoms with Gasteiger partial charge in [-0.15, -0.1) is 0 Å². The van der Waals surface area contributed by atoms with Gasteiger partial charge in [-0.2, -0.15) is 0 Å². The molecular weight excluding hydrogens is 156 g/mol. The van der Waals surface area contributed by atoms with Gasteiger partial charge in [0.1, 0.15) is 0 Å². The first-order chi connectivity index (χ1) is 6.31. The van der Waals surface area contributed by atoms with E-state index in [0.29, 0.717) is 0 Å². The Kier molecular flexibility index (Phi) is 9.18. The van der Waals surface area contributed by atoms with Gasteiger partial charge in [-0.25, -0.2) is 0 Å². The van der Waals surface area contributed by atoms with Gasteiger partial charge in [0, 0.05) is 0 Å². The van der Waals surface area contributed by atoms with Crippen molar-refractivity contribution in [3.63, 3.8) is 0 Å². The Labute approximate surface area is 83.7 Å². The summed E-state index contributed by atoms with van der Waals surface area (Å²) < 4.78 is 0. The lowest BCUT2D eigenvalue weighted by molar-refractivity contribution is 0.459. The Balaban J connectivity index is 3.20. The molecule has 0 aliphatic carbocycles. The highest BCUT2D eigenvalue weighted by Crippen LogP contribution is 2.14. The Morgan fingerprint density at radius 1 is 1.23 bits per heavy atom. The van der Waals surface area contributed by atoms with Crippen LogP contribution in [0.5, 0.6) is 0 Å². The lowest BCUT2D eigenvalue weighted by Crippen LogP contribution is -1.93. The summed E-state index contributed by atoms with van der Waals surface area (Å²) in [6.07, 6.45) is 14.1.